The van der Waals surface area contributed by atoms with Gasteiger partial charge in [-0.1, -0.05) is 26.0 Å². The molecule has 0 heterocycles. The number of benzene rings is 2. The Kier molecular flexibility index (Phi) is 6.85. The number of amides is 1. The highest BCUT2D eigenvalue weighted by Gasteiger charge is 2.28. The van der Waals surface area contributed by atoms with E-state index in [9.17, 15) is 30.8 Å². The van der Waals surface area contributed by atoms with Crippen LogP contribution in [0.1, 0.15) is 35.3 Å². The Morgan fingerprint density at radius 3 is 1.97 bits per heavy atom. The molecule has 0 unspecified atom stereocenters. The lowest BCUT2D eigenvalue weighted by Gasteiger charge is -2.15. The molecule has 0 atom stereocenters. The largest absolute Gasteiger partial charge is 0.288 e. The van der Waals surface area contributed by atoms with Crippen LogP contribution in [0.2, 0.25) is 0 Å². The van der Waals surface area contributed by atoms with E-state index >= 15 is 0 Å². The van der Waals surface area contributed by atoms with Gasteiger partial charge in [0.25, 0.3) is 5.91 Å². The number of hydrogen-bond donors (Lipinski definition) is 3. The third-order valence-corrected chi connectivity index (χ3v) is 5.13. The molecule has 0 fully saturated rings. The summed E-state index contributed by atoms with van der Waals surface area (Å²) in [5.74, 6) is -8.89. The van der Waals surface area contributed by atoms with E-state index in [-0.39, 0.29) is 23.5 Å². The van der Waals surface area contributed by atoms with Gasteiger partial charge in [-0.2, -0.15) is 0 Å². The number of carbonyl (C=O) groups is 1. The van der Waals surface area contributed by atoms with Gasteiger partial charge in [0.15, 0.2) is 23.3 Å². The van der Waals surface area contributed by atoms with Crippen LogP contribution in [-0.2, 0) is 22.2 Å². The molecule has 3 N–H and O–H groups in total. The quantitative estimate of drug-likeness (QED) is 0.269. The molecule has 1 amide bonds. The number of hydroxylamine groups is 1. The first-order valence-electron chi connectivity index (χ1n) is 8.35. The summed E-state index contributed by atoms with van der Waals surface area (Å²) in [7, 11) is -4.45. The van der Waals surface area contributed by atoms with Gasteiger partial charge in [-0.05, 0) is 30.0 Å². The third-order valence-electron chi connectivity index (χ3n) is 3.90. The second-order valence-electron chi connectivity index (χ2n) is 6.71. The van der Waals surface area contributed by atoms with Crippen molar-refractivity contribution in [3.05, 3.63) is 64.2 Å². The first kappa shape index (κ1) is 22.6. The molecular weight excluding hydrogens is 416 g/mol. The van der Waals surface area contributed by atoms with Crippen molar-refractivity contribution in [3.63, 3.8) is 0 Å². The van der Waals surface area contributed by atoms with Crippen molar-refractivity contribution in [2.45, 2.75) is 26.0 Å². The Morgan fingerprint density at radius 2 is 1.52 bits per heavy atom. The number of carbonyl (C=O) groups excluding carboxylic acids is 1. The molecule has 0 saturated carbocycles. The summed E-state index contributed by atoms with van der Waals surface area (Å²) in [6.07, 6.45) is -0.272. The zero-order valence-electron chi connectivity index (χ0n) is 15.4. The molecule has 158 valence electrons. The lowest BCUT2D eigenvalue weighted by atomic mass is 10.0. The predicted molar refractivity (Wildman–Crippen MR) is 96.8 cm³/mol. The van der Waals surface area contributed by atoms with Gasteiger partial charge >= 0.3 is 0 Å². The van der Waals surface area contributed by atoms with Crippen LogP contribution in [0.15, 0.2) is 24.3 Å². The second-order valence-corrected chi connectivity index (χ2v) is 8.43. The number of nitrogens with one attached hydrogen (secondary N) is 2. The van der Waals surface area contributed by atoms with Crippen molar-refractivity contribution in [2.24, 2.45) is 5.92 Å². The number of rotatable bonds is 7. The first-order chi connectivity index (χ1) is 13.5. The molecule has 0 spiro atoms. The minimum Gasteiger partial charge on any atom is -0.288 e. The fraction of sp³-hybridized carbons (Fsp3) is 0.278. The lowest BCUT2D eigenvalue weighted by Crippen LogP contribution is -2.20. The molecule has 2 rings (SSSR count). The highest BCUT2D eigenvalue weighted by molar-refractivity contribution is 7.91. The van der Waals surface area contributed by atoms with Crippen LogP contribution in [0.5, 0.6) is 0 Å². The van der Waals surface area contributed by atoms with E-state index in [4.69, 9.17) is 5.21 Å². The minimum absolute atomic E-state index is 0.0311. The van der Waals surface area contributed by atoms with Gasteiger partial charge in [0.05, 0.1) is 5.75 Å². The van der Waals surface area contributed by atoms with E-state index in [0.29, 0.717) is 0 Å². The van der Waals surface area contributed by atoms with E-state index < -0.39 is 56.2 Å². The van der Waals surface area contributed by atoms with Crippen LogP contribution >= 0.6 is 0 Å². The van der Waals surface area contributed by atoms with Crippen molar-refractivity contribution in [1.82, 2.24) is 5.48 Å². The maximum absolute atomic E-state index is 14.2. The Labute approximate surface area is 164 Å². The standard InChI is InChI=1S/C18H18F4N2O4S/c1-9(2)7-12-13(19)15(21)17(16(22)14(12)20)24-29(27,28)8-10-3-5-11(6-4-10)18(25)23-26/h3-6,9,24,26H,7-8H2,1-2H3,(H,23,25). The molecule has 0 aromatic heterocycles. The number of halogens is 4. The predicted octanol–water partition coefficient (Wildman–Crippen LogP) is 3.50. The van der Waals surface area contributed by atoms with Gasteiger partial charge in [0.1, 0.15) is 5.69 Å². The first-order valence-corrected chi connectivity index (χ1v) is 10.0. The van der Waals surface area contributed by atoms with Crippen LogP contribution in [0.3, 0.4) is 0 Å². The highest BCUT2D eigenvalue weighted by atomic mass is 32.2. The number of hydrogen-bond acceptors (Lipinski definition) is 4. The summed E-state index contributed by atoms with van der Waals surface area (Å²) < 4.78 is 82.7. The normalized spacial score (nSPS) is 11.6. The fourth-order valence-corrected chi connectivity index (χ4v) is 3.78. The maximum Gasteiger partial charge on any atom is 0.274 e. The smallest absolute Gasteiger partial charge is 0.274 e. The topological polar surface area (TPSA) is 95.5 Å². The molecule has 6 nitrogen and oxygen atoms in total. The minimum atomic E-state index is -4.45. The molecule has 11 heteroatoms. The zero-order valence-corrected chi connectivity index (χ0v) is 16.2. The van der Waals surface area contributed by atoms with Crippen molar-refractivity contribution in [3.8, 4) is 0 Å². The Hall–Kier alpha value is -2.66. The zero-order chi connectivity index (χ0) is 21.9. The molecule has 0 aliphatic heterocycles. The fourth-order valence-electron chi connectivity index (χ4n) is 2.58. The van der Waals surface area contributed by atoms with E-state index in [2.05, 4.69) is 0 Å². The van der Waals surface area contributed by atoms with E-state index in [1.807, 2.05) is 0 Å². The van der Waals surface area contributed by atoms with Gasteiger partial charge in [-0.3, -0.25) is 14.7 Å². The van der Waals surface area contributed by atoms with E-state index in [1.165, 1.54) is 34.5 Å². The van der Waals surface area contributed by atoms with Gasteiger partial charge in [-0.25, -0.2) is 31.5 Å². The summed E-state index contributed by atoms with van der Waals surface area (Å²) in [5, 5.41) is 8.53. The number of anilines is 1. The second kappa shape index (κ2) is 8.78. The third kappa shape index (κ3) is 5.24. The average molecular weight is 434 g/mol. The molecule has 2 aromatic rings. The lowest BCUT2D eigenvalue weighted by molar-refractivity contribution is 0.0706. The summed E-state index contributed by atoms with van der Waals surface area (Å²) in [4.78, 5) is 11.2. The van der Waals surface area contributed by atoms with E-state index in [0.717, 1.165) is 0 Å². The monoisotopic (exact) mass is 434 g/mol. The molecule has 0 radical (unpaired) electrons. The molecule has 29 heavy (non-hydrogen) atoms. The van der Waals surface area contributed by atoms with Crippen molar-refractivity contribution in [2.75, 3.05) is 4.72 Å². The summed E-state index contributed by atoms with van der Waals surface area (Å²) in [6, 6.07) is 4.86. The summed E-state index contributed by atoms with van der Waals surface area (Å²) >= 11 is 0. The molecular formula is C18H18F4N2O4S. The van der Waals surface area contributed by atoms with Crippen LogP contribution in [-0.4, -0.2) is 19.5 Å². The van der Waals surface area contributed by atoms with Gasteiger partial charge < -0.3 is 0 Å². The van der Waals surface area contributed by atoms with Crippen molar-refractivity contribution in [1.29, 1.82) is 0 Å². The van der Waals surface area contributed by atoms with Crippen LogP contribution < -0.4 is 10.2 Å². The van der Waals surface area contributed by atoms with Crippen LogP contribution in [0, 0.1) is 29.2 Å². The average Bonchev–Trinajstić information content (AvgIpc) is 2.66. The molecule has 0 aliphatic rings. The maximum atomic E-state index is 14.2. The molecule has 2 aromatic carbocycles. The molecule has 0 saturated heterocycles. The van der Waals surface area contributed by atoms with Crippen LogP contribution in [0.4, 0.5) is 23.2 Å². The molecule has 0 bridgehead atoms. The van der Waals surface area contributed by atoms with Crippen molar-refractivity contribution < 1.29 is 36.0 Å². The number of sulfonamides is 1. The highest BCUT2D eigenvalue weighted by Crippen LogP contribution is 2.30. The van der Waals surface area contributed by atoms with E-state index in [1.54, 1.807) is 13.8 Å². The van der Waals surface area contributed by atoms with Gasteiger partial charge in [0, 0.05) is 11.1 Å². The Balaban J connectivity index is 2.31. The molecule has 0 aliphatic carbocycles. The SMILES string of the molecule is CC(C)Cc1c(F)c(F)c(NS(=O)(=O)Cc2ccc(C(=O)NO)cc2)c(F)c1F. The van der Waals surface area contributed by atoms with Gasteiger partial charge in [0.2, 0.25) is 10.0 Å². The Morgan fingerprint density at radius 1 is 1.00 bits per heavy atom. The summed E-state index contributed by atoms with van der Waals surface area (Å²) in [5.41, 5.74) is -0.693. The van der Waals surface area contributed by atoms with Crippen molar-refractivity contribution >= 4 is 21.6 Å². The van der Waals surface area contributed by atoms with Crippen LogP contribution in [0.25, 0.3) is 0 Å². The summed E-state index contributed by atoms with van der Waals surface area (Å²) in [6.45, 7) is 3.20. The van der Waals surface area contributed by atoms with Gasteiger partial charge in [-0.15, -0.1) is 0 Å². The Bertz CT molecular complexity index is 996.